The van der Waals surface area contributed by atoms with Crippen LogP contribution in [0.3, 0.4) is 0 Å². The van der Waals surface area contributed by atoms with E-state index in [1.165, 1.54) is 0 Å². The Morgan fingerprint density at radius 2 is 1.71 bits per heavy atom. The molecule has 2 aromatic carbocycles. The van der Waals surface area contributed by atoms with Gasteiger partial charge in [-0.3, -0.25) is 4.68 Å². The zero-order valence-corrected chi connectivity index (χ0v) is 19.3. The number of ether oxygens (including phenoxy) is 1. The van der Waals surface area contributed by atoms with Gasteiger partial charge >= 0.3 is 0 Å². The minimum absolute atomic E-state index is 0.306. The van der Waals surface area contributed by atoms with E-state index < -0.39 is 10.0 Å². The summed E-state index contributed by atoms with van der Waals surface area (Å²) in [4.78, 5) is 0.331. The van der Waals surface area contributed by atoms with Gasteiger partial charge in [0.25, 0.3) is 0 Å². The molecule has 0 amide bonds. The third-order valence-electron chi connectivity index (χ3n) is 5.68. The van der Waals surface area contributed by atoms with Crippen molar-refractivity contribution in [1.29, 1.82) is 0 Å². The molecule has 4 rings (SSSR count). The smallest absolute Gasteiger partial charge is 0.243 e. The van der Waals surface area contributed by atoms with Gasteiger partial charge in [0.2, 0.25) is 10.0 Å². The number of aryl methyl sites for hydroxylation is 2. The minimum Gasteiger partial charge on any atom is -0.370 e. The van der Waals surface area contributed by atoms with Crippen LogP contribution in [-0.4, -0.2) is 29.0 Å². The summed E-state index contributed by atoms with van der Waals surface area (Å²) < 4.78 is 35.7. The van der Waals surface area contributed by atoms with E-state index in [0.29, 0.717) is 42.6 Å². The molecule has 0 saturated carbocycles. The first kappa shape index (κ1) is 22.0. The van der Waals surface area contributed by atoms with Crippen molar-refractivity contribution < 1.29 is 13.2 Å². The fraction of sp³-hybridized carbons (Fsp3) is 0.348. The van der Waals surface area contributed by atoms with E-state index in [1.807, 2.05) is 48.1 Å². The highest BCUT2D eigenvalue weighted by Crippen LogP contribution is 2.27. The molecule has 0 N–H and O–H groups in total. The summed E-state index contributed by atoms with van der Waals surface area (Å²) in [6, 6.07) is 14.7. The molecular formula is C23H26ClN3O3S. The molecular weight excluding hydrogens is 434 g/mol. The number of nitrogens with zero attached hydrogens (tertiary/aromatic N) is 3. The lowest BCUT2D eigenvalue weighted by Gasteiger charge is -2.27. The third kappa shape index (κ3) is 4.70. The van der Waals surface area contributed by atoms with Crippen LogP contribution in [0, 0.1) is 0 Å². The quantitative estimate of drug-likeness (QED) is 0.533. The number of sulfonamides is 1. The van der Waals surface area contributed by atoms with Crippen molar-refractivity contribution >= 4 is 21.6 Å². The monoisotopic (exact) mass is 459 g/mol. The Labute approximate surface area is 188 Å². The predicted octanol–water partition coefficient (Wildman–Crippen LogP) is 4.10. The largest absolute Gasteiger partial charge is 0.370 e. The molecule has 0 unspecified atom stereocenters. The van der Waals surface area contributed by atoms with Gasteiger partial charge in [0.1, 0.15) is 0 Å². The maximum atomic E-state index is 13.2. The second-order valence-corrected chi connectivity index (χ2v) is 10.1. The van der Waals surface area contributed by atoms with Crippen molar-refractivity contribution in [2.24, 2.45) is 7.05 Å². The SMILES string of the molecule is CCc1ccc(S(=O)(=O)N2CCc3c(c(COCc4ccc(Cl)cc4)nn3C)C2)cc1. The zero-order valence-electron chi connectivity index (χ0n) is 17.7. The maximum Gasteiger partial charge on any atom is 0.243 e. The second kappa shape index (κ2) is 9.12. The molecule has 0 spiro atoms. The lowest BCUT2D eigenvalue weighted by atomic mass is 10.1. The predicted molar refractivity (Wildman–Crippen MR) is 120 cm³/mol. The summed E-state index contributed by atoms with van der Waals surface area (Å²) in [6.45, 7) is 3.56. The molecule has 2 heterocycles. The number of rotatable bonds is 7. The minimum atomic E-state index is -3.56. The van der Waals surface area contributed by atoms with E-state index in [1.54, 1.807) is 16.4 Å². The summed E-state index contributed by atoms with van der Waals surface area (Å²) in [7, 11) is -1.66. The number of fused-ring (bicyclic) bond motifs is 1. The van der Waals surface area contributed by atoms with Crippen molar-refractivity contribution in [1.82, 2.24) is 14.1 Å². The van der Waals surface area contributed by atoms with Gasteiger partial charge < -0.3 is 4.74 Å². The van der Waals surface area contributed by atoms with E-state index in [2.05, 4.69) is 12.0 Å². The van der Waals surface area contributed by atoms with E-state index in [4.69, 9.17) is 16.3 Å². The lowest BCUT2D eigenvalue weighted by Crippen LogP contribution is -2.36. The van der Waals surface area contributed by atoms with Gasteiger partial charge in [-0.15, -0.1) is 0 Å². The Morgan fingerprint density at radius 3 is 2.39 bits per heavy atom. The van der Waals surface area contributed by atoms with Crippen LogP contribution in [0.4, 0.5) is 0 Å². The molecule has 8 heteroatoms. The van der Waals surface area contributed by atoms with Gasteiger partial charge in [0, 0.05) is 42.8 Å². The van der Waals surface area contributed by atoms with Gasteiger partial charge in [-0.05, 0) is 41.8 Å². The summed E-state index contributed by atoms with van der Waals surface area (Å²) in [5.74, 6) is 0. The Bertz CT molecular complexity index is 1160. The van der Waals surface area contributed by atoms with Gasteiger partial charge in [-0.25, -0.2) is 8.42 Å². The van der Waals surface area contributed by atoms with E-state index in [0.717, 1.165) is 34.5 Å². The van der Waals surface area contributed by atoms with E-state index in [9.17, 15) is 8.42 Å². The average molecular weight is 460 g/mol. The normalized spacial score (nSPS) is 14.5. The molecule has 0 saturated heterocycles. The molecule has 31 heavy (non-hydrogen) atoms. The Kier molecular flexibility index (Phi) is 6.48. The number of hydrogen-bond acceptors (Lipinski definition) is 4. The fourth-order valence-corrected chi connectivity index (χ4v) is 5.39. The molecule has 0 atom stereocenters. The molecule has 1 aliphatic rings. The molecule has 6 nitrogen and oxygen atoms in total. The number of halogens is 1. The van der Waals surface area contributed by atoms with Gasteiger partial charge in [0.15, 0.2) is 0 Å². The summed E-state index contributed by atoms with van der Waals surface area (Å²) in [6.07, 6.45) is 1.50. The van der Waals surface area contributed by atoms with Crippen LogP contribution in [0.15, 0.2) is 53.4 Å². The highest BCUT2D eigenvalue weighted by Gasteiger charge is 2.31. The Morgan fingerprint density at radius 1 is 1.03 bits per heavy atom. The van der Waals surface area contributed by atoms with Crippen LogP contribution in [0.5, 0.6) is 0 Å². The van der Waals surface area contributed by atoms with Gasteiger partial charge in [0.05, 0.1) is 23.8 Å². The molecule has 0 fully saturated rings. The standard InChI is InChI=1S/C23H26ClN3O3S/c1-3-17-6-10-20(11-7-17)31(28,29)27-13-12-23-21(14-27)22(25-26(23)2)16-30-15-18-4-8-19(24)9-5-18/h4-11H,3,12-16H2,1-2H3. The molecule has 164 valence electrons. The Balaban J connectivity index is 1.49. The molecule has 0 radical (unpaired) electrons. The average Bonchev–Trinajstić information content (AvgIpc) is 3.10. The van der Waals surface area contributed by atoms with Crippen LogP contribution in [0.2, 0.25) is 5.02 Å². The number of benzene rings is 2. The number of aromatic nitrogens is 2. The van der Waals surface area contributed by atoms with Crippen LogP contribution in [0.25, 0.3) is 0 Å². The van der Waals surface area contributed by atoms with E-state index >= 15 is 0 Å². The van der Waals surface area contributed by atoms with E-state index in [-0.39, 0.29) is 0 Å². The second-order valence-electron chi connectivity index (χ2n) is 7.70. The van der Waals surface area contributed by atoms with Crippen LogP contribution >= 0.6 is 11.6 Å². The van der Waals surface area contributed by atoms with Crippen LogP contribution in [0.1, 0.15) is 35.0 Å². The third-order valence-corrected chi connectivity index (χ3v) is 7.79. The first-order chi connectivity index (χ1) is 14.9. The van der Waals surface area contributed by atoms with Crippen molar-refractivity contribution in [2.75, 3.05) is 6.54 Å². The summed E-state index contributed by atoms with van der Waals surface area (Å²) in [5, 5.41) is 5.29. The maximum absolute atomic E-state index is 13.2. The van der Waals surface area contributed by atoms with Crippen molar-refractivity contribution in [2.45, 2.75) is 44.4 Å². The molecule has 0 aliphatic carbocycles. The summed E-state index contributed by atoms with van der Waals surface area (Å²) >= 11 is 5.93. The highest BCUT2D eigenvalue weighted by molar-refractivity contribution is 7.89. The van der Waals surface area contributed by atoms with Gasteiger partial charge in [-0.2, -0.15) is 9.40 Å². The molecule has 0 bridgehead atoms. The van der Waals surface area contributed by atoms with Crippen molar-refractivity contribution in [3.63, 3.8) is 0 Å². The molecule has 3 aromatic rings. The zero-order chi connectivity index (χ0) is 22.0. The Hall–Kier alpha value is -2.19. The fourth-order valence-electron chi connectivity index (χ4n) is 3.86. The van der Waals surface area contributed by atoms with Crippen molar-refractivity contribution in [3.05, 3.63) is 81.6 Å². The number of hydrogen-bond donors (Lipinski definition) is 0. The van der Waals surface area contributed by atoms with Crippen LogP contribution < -0.4 is 0 Å². The lowest BCUT2D eigenvalue weighted by molar-refractivity contribution is 0.103. The molecule has 1 aliphatic heterocycles. The molecule has 1 aromatic heterocycles. The summed E-state index contributed by atoms with van der Waals surface area (Å²) in [5.41, 5.74) is 4.94. The van der Waals surface area contributed by atoms with Crippen molar-refractivity contribution in [3.8, 4) is 0 Å². The first-order valence-corrected chi connectivity index (χ1v) is 12.1. The van der Waals surface area contributed by atoms with Gasteiger partial charge in [-0.1, -0.05) is 42.8 Å². The first-order valence-electron chi connectivity index (χ1n) is 10.3. The highest BCUT2D eigenvalue weighted by atomic mass is 35.5. The van der Waals surface area contributed by atoms with Crippen LogP contribution in [-0.2, 0) is 54.4 Å². The topological polar surface area (TPSA) is 64.4 Å².